The molecule has 0 aliphatic carbocycles. The van der Waals surface area contributed by atoms with Crippen molar-refractivity contribution in [3.8, 4) is 5.75 Å². The number of amides is 1. The van der Waals surface area contributed by atoms with Crippen molar-refractivity contribution in [3.05, 3.63) is 65.4 Å². The summed E-state index contributed by atoms with van der Waals surface area (Å²) in [5.74, 6) is 0.482. The lowest BCUT2D eigenvalue weighted by atomic mass is 10.1. The van der Waals surface area contributed by atoms with Gasteiger partial charge in [0.2, 0.25) is 5.91 Å². The Morgan fingerprint density at radius 1 is 1.12 bits per heavy atom. The summed E-state index contributed by atoms with van der Waals surface area (Å²) >= 11 is 0. The van der Waals surface area contributed by atoms with Crippen LogP contribution in [-0.2, 0) is 23.9 Å². The van der Waals surface area contributed by atoms with Crippen LogP contribution in [0.25, 0.3) is 10.9 Å². The van der Waals surface area contributed by atoms with Gasteiger partial charge in [-0.05, 0) is 42.0 Å². The van der Waals surface area contributed by atoms with Crippen LogP contribution >= 0.6 is 0 Å². The second kappa shape index (κ2) is 7.11. The zero-order valence-electron chi connectivity index (χ0n) is 14.0. The smallest absolute Gasteiger partial charge is 0.416 e. The van der Waals surface area contributed by atoms with E-state index < -0.39 is 11.7 Å². The lowest BCUT2D eigenvalue weighted by Gasteiger charge is -2.08. The lowest BCUT2D eigenvalue weighted by molar-refractivity contribution is -0.137. The van der Waals surface area contributed by atoms with Crippen LogP contribution < -0.4 is 10.1 Å². The molecule has 0 spiro atoms. The number of fused-ring (bicyclic) bond motifs is 1. The minimum atomic E-state index is -4.38. The highest BCUT2D eigenvalue weighted by molar-refractivity contribution is 5.82. The van der Waals surface area contributed by atoms with Gasteiger partial charge in [-0.3, -0.25) is 4.79 Å². The van der Waals surface area contributed by atoms with Gasteiger partial charge in [0, 0.05) is 16.6 Å². The van der Waals surface area contributed by atoms with Crippen molar-refractivity contribution in [2.45, 2.75) is 19.1 Å². The maximum absolute atomic E-state index is 12.5. The average molecular weight is 362 g/mol. The first-order chi connectivity index (χ1) is 12.3. The second-order valence-corrected chi connectivity index (χ2v) is 5.90. The van der Waals surface area contributed by atoms with Crippen LogP contribution in [0.1, 0.15) is 16.8 Å². The summed E-state index contributed by atoms with van der Waals surface area (Å²) in [6.07, 6.45) is -4.36. The van der Waals surface area contributed by atoms with Gasteiger partial charge in [0.1, 0.15) is 5.75 Å². The van der Waals surface area contributed by atoms with Crippen molar-refractivity contribution in [1.29, 1.82) is 0 Å². The van der Waals surface area contributed by atoms with E-state index in [4.69, 9.17) is 4.74 Å². The number of aromatic amines is 1. The number of aromatic nitrogens is 1. The Labute approximate surface area is 148 Å². The third-order valence-corrected chi connectivity index (χ3v) is 4.01. The molecule has 4 nitrogen and oxygen atoms in total. The maximum atomic E-state index is 12.5. The molecule has 0 aliphatic heterocycles. The third kappa shape index (κ3) is 4.17. The monoisotopic (exact) mass is 362 g/mol. The summed E-state index contributed by atoms with van der Waals surface area (Å²) in [4.78, 5) is 15.2. The van der Waals surface area contributed by atoms with Gasteiger partial charge in [-0.15, -0.1) is 0 Å². The Morgan fingerprint density at radius 3 is 2.50 bits per heavy atom. The molecule has 0 fully saturated rings. The zero-order chi connectivity index (χ0) is 18.7. The average Bonchev–Trinajstić information content (AvgIpc) is 3.01. The molecule has 0 aliphatic rings. The first kappa shape index (κ1) is 17.8. The molecule has 0 bridgehead atoms. The summed E-state index contributed by atoms with van der Waals surface area (Å²) in [7, 11) is 1.59. The van der Waals surface area contributed by atoms with Crippen LogP contribution in [-0.4, -0.2) is 18.0 Å². The molecule has 1 heterocycles. The van der Waals surface area contributed by atoms with Gasteiger partial charge < -0.3 is 15.0 Å². The van der Waals surface area contributed by atoms with Crippen LogP contribution in [0.4, 0.5) is 13.2 Å². The molecule has 3 rings (SSSR count). The molecule has 1 amide bonds. The van der Waals surface area contributed by atoms with E-state index in [1.807, 2.05) is 24.3 Å². The first-order valence-electron chi connectivity index (χ1n) is 7.93. The highest BCUT2D eigenvalue weighted by Gasteiger charge is 2.29. The predicted octanol–water partition coefficient (Wildman–Crippen LogP) is 4.05. The van der Waals surface area contributed by atoms with Crippen LogP contribution in [0.15, 0.2) is 48.5 Å². The van der Waals surface area contributed by atoms with Gasteiger partial charge in [0.15, 0.2) is 0 Å². The van der Waals surface area contributed by atoms with Crippen molar-refractivity contribution in [3.63, 3.8) is 0 Å². The minimum Gasteiger partial charge on any atom is -0.497 e. The van der Waals surface area contributed by atoms with E-state index in [1.165, 1.54) is 12.1 Å². The fourth-order valence-electron chi connectivity index (χ4n) is 2.65. The second-order valence-electron chi connectivity index (χ2n) is 5.90. The van der Waals surface area contributed by atoms with E-state index in [0.717, 1.165) is 34.5 Å². The van der Waals surface area contributed by atoms with E-state index in [2.05, 4.69) is 10.3 Å². The Morgan fingerprint density at radius 2 is 1.85 bits per heavy atom. The Kier molecular flexibility index (Phi) is 4.88. The summed E-state index contributed by atoms with van der Waals surface area (Å²) in [6, 6.07) is 12.1. The van der Waals surface area contributed by atoms with Crippen molar-refractivity contribution < 1.29 is 22.7 Å². The molecule has 0 saturated carbocycles. The molecule has 0 atom stereocenters. The number of alkyl halides is 3. The molecule has 136 valence electrons. The highest BCUT2D eigenvalue weighted by atomic mass is 19.4. The molecule has 0 unspecified atom stereocenters. The van der Waals surface area contributed by atoms with E-state index in [0.29, 0.717) is 12.1 Å². The van der Waals surface area contributed by atoms with Crippen LogP contribution in [0.3, 0.4) is 0 Å². The number of halogens is 3. The Hall–Kier alpha value is -2.96. The summed E-state index contributed by atoms with van der Waals surface area (Å²) in [6.45, 7) is 0.302. The van der Waals surface area contributed by atoms with Crippen LogP contribution in [0.2, 0.25) is 0 Å². The van der Waals surface area contributed by atoms with E-state index in [1.54, 1.807) is 7.11 Å². The molecule has 2 N–H and O–H groups in total. The number of hydrogen-bond donors (Lipinski definition) is 2. The zero-order valence-corrected chi connectivity index (χ0v) is 14.0. The molecular formula is C19H17F3N2O2. The number of hydrogen-bond acceptors (Lipinski definition) is 2. The number of rotatable bonds is 5. The number of benzene rings is 2. The van der Waals surface area contributed by atoms with Gasteiger partial charge in [0.05, 0.1) is 25.6 Å². The first-order valence-corrected chi connectivity index (χ1v) is 7.93. The van der Waals surface area contributed by atoms with E-state index in [9.17, 15) is 18.0 Å². The standard InChI is InChI=1S/C19H17F3N2O2/c1-26-16-6-7-17-13(10-16)9-15(24-17)11-23-18(25)8-12-2-4-14(5-3-12)19(20,21)22/h2-7,9-10,24H,8,11H2,1H3,(H,23,25). The topological polar surface area (TPSA) is 54.1 Å². The number of carbonyl (C=O) groups is 1. The number of nitrogens with one attached hydrogen (secondary N) is 2. The van der Waals surface area contributed by atoms with Crippen molar-refractivity contribution in [2.24, 2.45) is 0 Å². The lowest BCUT2D eigenvalue weighted by Crippen LogP contribution is -2.24. The third-order valence-electron chi connectivity index (χ3n) is 4.01. The molecule has 3 aromatic rings. The molecule has 7 heteroatoms. The highest BCUT2D eigenvalue weighted by Crippen LogP contribution is 2.29. The van der Waals surface area contributed by atoms with Gasteiger partial charge in [-0.2, -0.15) is 13.2 Å². The van der Waals surface area contributed by atoms with Crippen LogP contribution in [0.5, 0.6) is 5.75 Å². The van der Waals surface area contributed by atoms with Crippen molar-refractivity contribution in [1.82, 2.24) is 10.3 Å². The maximum Gasteiger partial charge on any atom is 0.416 e. The summed E-state index contributed by atoms with van der Waals surface area (Å²) < 4.78 is 42.8. The quantitative estimate of drug-likeness (QED) is 0.719. The Bertz CT molecular complexity index is 915. The van der Waals surface area contributed by atoms with Gasteiger partial charge in [0.25, 0.3) is 0 Å². The molecule has 26 heavy (non-hydrogen) atoms. The molecule has 0 saturated heterocycles. The molecule has 2 aromatic carbocycles. The van der Waals surface area contributed by atoms with Gasteiger partial charge >= 0.3 is 6.18 Å². The van der Waals surface area contributed by atoms with Gasteiger partial charge in [-0.25, -0.2) is 0 Å². The number of H-pyrrole nitrogens is 1. The normalized spacial score (nSPS) is 11.5. The Balaban J connectivity index is 1.58. The van der Waals surface area contributed by atoms with Crippen molar-refractivity contribution in [2.75, 3.05) is 7.11 Å². The minimum absolute atomic E-state index is 0.0200. The SMILES string of the molecule is COc1ccc2[nH]c(CNC(=O)Cc3ccc(C(F)(F)F)cc3)cc2c1. The van der Waals surface area contributed by atoms with Gasteiger partial charge in [-0.1, -0.05) is 12.1 Å². The number of carbonyl (C=O) groups excluding carboxylic acids is 1. The number of methoxy groups -OCH3 is 1. The fraction of sp³-hybridized carbons (Fsp3) is 0.211. The number of ether oxygens (including phenoxy) is 1. The largest absolute Gasteiger partial charge is 0.497 e. The summed E-state index contributed by atoms with van der Waals surface area (Å²) in [5.41, 5.74) is 1.55. The fourth-order valence-corrected chi connectivity index (χ4v) is 2.65. The molecule has 1 aromatic heterocycles. The van der Waals surface area contributed by atoms with E-state index >= 15 is 0 Å². The predicted molar refractivity (Wildman–Crippen MR) is 91.8 cm³/mol. The van der Waals surface area contributed by atoms with Crippen molar-refractivity contribution >= 4 is 16.8 Å². The molecular weight excluding hydrogens is 345 g/mol. The molecule has 0 radical (unpaired) electrons. The van der Waals surface area contributed by atoms with Crippen LogP contribution in [0, 0.1) is 0 Å². The van der Waals surface area contributed by atoms with E-state index in [-0.39, 0.29) is 12.3 Å². The summed E-state index contributed by atoms with van der Waals surface area (Å²) in [5, 5.41) is 3.73.